The lowest BCUT2D eigenvalue weighted by atomic mass is 10.2. The third-order valence-electron chi connectivity index (χ3n) is 3.57. The Hall–Kier alpha value is -2.32. The lowest BCUT2D eigenvalue weighted by Crippen LogP contribution is -2.31. The maximum absolute atomic E-state index is 13.2. The van der Waals surface area contributed by atoms with Crippen LogP contribution >= 0.6 is 23.6 Å². The molecule has 2 heterocycles. The van der Waals surface area contributed by atoms with Gasteiger partial charge in [0.25, 0.3) is 0 Å². The molecule has 1 unspecified atom stereocenters. The van der Waals surface area contributed by atoms with Crippen molar-refractivity contribution >= 4 is 29.5 Å². The average molecular weight is 362 g/mol. The zero-order valence-electron chi connectivity index (χ0n) is 12.8. The molecular weight excluding hydrogens is 347 g/mol. The van der Waals surface area contributed by atoms with Gasteiger partial charge in [0.15, 0.2) is 10.6 Å². The molecule has 0 aliphatic rings. The largest absolute Gasteiger partial charge is 0.350 e. The Kier molecular flexibility index (Phi) is 4.86. The van der Waals surface area contributed by atoms with E-state index < -0.39 is 6.04 Å². The minimum Gasteiger partial charge on any atom is -0.350 e. The first kappa shape index (κ1) is 16.5. The zero-order chi connectivity index (χ0) is 17.1. The van der Waals surface area contributed by atoms with Crippen molar-refractivity contribution in [1.29, 1.82) is 0 Å². The highest BCUT2D eigenvalue weighted by Crippen LogP contribution is 2.25. The standard InChI is InChI=1S/C16H15FN4OS2/c1-10(15(22)18-9-11-4-2-5-12(17)8-11)21-14(19-20-16(21)23)13-6-3-7-24-13/h2-8,10H,9H2,1H3,(H,18,22)(H,20,23). The van der Waals surface area contributed by atoms with Crippen molar-refractivity contribution in [3.05, 3.63) is 57.9 Å². The summed E-state index contributed by atoms with van der Waals surface area (Å²) in [7, 11) is 0. The molecule has 3 rings (SSSR count). The number of thiophene rings is 1. The van der Waals surface area contributed by atoms with E-state index in [9.17, 15) is 9.18 Å². The van der Waals surface area contributed by atoms with Gasteiger partial charge in [-0.3, -0.25) is 14.5 Å². The highest BCUT2D eigenvalue weighted by Gasteiger charge is 2.21. The molecule has 0 aliphatic heterocycles. The topological polar surface area (TPSA) is 62.7 Å². The van der Waals surface area contributed by atoms with Crippen molar-refractivity contribution in [3.8, 4) is 10.7 Å². The van der Waals surface area contributed by atoms with Crippen LogP contribution in [0.25, 0.3) is 10.7 Å². The predicted octanol–water partition coefficient (Wildman–Crippen LogP) is 3.69. The van der Waals surface area contributed by atoms with Gasteiger partial charge in [-0.2, -0.15) is 5.10 Å². The van der Waals surface area contributed by atoms with Gasteiger partial charge in [-0.15, -0.1) is 11.3 Å². The van der Waals surface area contributed by atoms with Gasteiger partial charge in [0, 0.05) is 6.54 Å². The van der Waals surface area contributed by atoms with Gasteiger partial charge >= 0.3 is 0 Å². The molecule has 0 aliphatic carbocycles. The van der Waals surface area contributed by atoms with Crippen LogP contribution < -0.4 is 5.32 Å². The summed E-state index contributed by atoms with van der Waals surface area (Å²) in [6.45, 7) is 2.00. The van der Waals surface area contributed by atoms with E-state index >= 15 is 0 Å². The number of carbonyl (C=O) groups excluding carboxylic acids is 1. The number of amides is 1. The van der Waals surface area contributed by atoms with Gasteiger partial charge in [0.2, 0.25) is 5.91 Å². The predicted molar refractivity (Wildman–Crippen MR) is 93.7 cm³/mol. The summed E-state index contributed by atoms with van der Waals surface area (Å²) < 4.78 is 15.3. The van der Waals surface area contributed by atoms with Gasteiger partial charge < -0.3 is 5.32 Å². The molecule has 0 saturated carbocycles. The highest BCUT2D eigenvalue weighted by molar-refractivity contribution is 7.71. The second-order valence-electron chi connectivity index (χ2n) is 5.22. The SMILES string of the molecule is CC(C(=O)NCc1cccc(F)c1)n1c(-c2cccs2)n[nH]c1=S. The summed E-state index contributed by atoms with van der Waals surface area (Å²) in [6, 6.07) is 9.43. The maximum atomic E-state index is 13.2. The number of aromatic nitrogens is 3. The molecule has 1 aromatic carbocycles. The number of H-pyrrole nitrogens is 1. The van der Waals surface area contributed by atoms with Crippen molar-refractivity contribution in [2.75, 3.05) is 0 Å². The summed E-state index contributed by atoms with van der Waals surface area (Å²) in [4.78, 5) is 13.4. The quantitative estimate of drug-likeness (QED) is 0.681. The van der Waals surface area contributed by atoms with E-state index in [4.69, 9.17) is 12.2 Å². The molecule has 0 bridgehead atoms. The Morgan fingerprint density at radius 3 is 3.00 bits per heavy atom. The number of hydrogen-bond donors (Lipinski definition) is 2. The molecule has 24 heavy (non-hydrogen) atoms. The average Bonchev–Trinajstić information content (AvgIpc) is 3.21. The van der Waals surface area contributed by atoms with E-state index in [2.05, 4.69) is 15.5 Å². The Morgan fingerprint density at radius 2 is 2.29 bits per heavy atom. The second-order valence-corrected chi connectivity index (χ2v) is 6.56. The van der Waals surface area contributed by atoms with E-state index in [0.717, 1.165) is 4.88 Å². The van der Waals surface area contributed by atoms with Crippen LogP contribution in [0.2, 0.25) is 0 Å². The fourth-order valence-corrected chi connectivity index (χ4v) is 3.35. The van der Waals surface area contributed by atoms with Crippen molar-refractivity contribution in [3.63, 3.8) is 0 Å². The molecule has 3 aromatic rings. The Bertz CT molecular complexity index is 901. The summed E-state index contributed by atoms with van der Waals surface area (Å²) in [6.07, 6.45) is 0. The number of carbonyl (C=O) groups is 1. The Labute approximate surface area is 147 Å². The lowest BCUT2D eigenvalue weighted by Gasteiger charge is -2.15. The minimum atomic E-state index is -0.540. The Balaban J connectivity index is 1.77. The highest BCUT2D eigenvalue weighted by atomic mass is 32.1. The van der Waals surface area contributed by atoms with E-state index in [-0.39, 0.29) is 18.3 Å². The number of nitrogens with zero attached hydrogens (tertiary/aromatic N) is 2. The van der Waals surface area contributed by atoms with Gasteiger partial charge in [0.05, 0.1) is 4.88 Å². The lowest BCUT2D eigenvalue weighted by molar-refractivity contribution is -0.124. The van der Waals surface area contributed by atoms with Crippen LogP contribution in [-0.4, -0.2) is 20.7 Å². The van der Waals surface area contributed by atoms with E-state index in [1.165, 1.54) is 23.5 Å². The first-order valence-electron chi connectivity index (χ1n) is 7.29. The molecule has 0 saturated heterocycles. The number of rotatable bonds is 5. The van der Waals surface area contributed by atoms with Crippen LogP contribution in [0.15, 0.2) is 41.8 Å². The maximum Gasteiger partial charge on any atom is 0.243 e. The minimum absolute atomic E-state index is 0.213. The second kappa shape index (κ2) is 7.06. The third-order valence-corrected chi connectivity index (χ3v) is 4.72. The van der Waals surface area contributed by atoms with E-state index in [1.54, 1.807) is 23.6 Å². The smallest absolute Gasteiger partial charge is 0.243 e. The fourth-order valence-electron chi connectivity index (χ4n) is 2.34. The van der Waals surface area contributed by atoms with Gasteiger partial charge in [-0.25, -0.2) is 4.39 Å². The van der Waals surface area contributed by atoms with Crippen LogP contribution in [0.4, 0.5) is 4.39 Å². The molecule has 1 atom stereocenters. The first-order valence-corrected chi connectivity index (χ1v) is 8.58. The number of nitrogens with one attached hydrogen (secondary N) is 2. The molecule has 2 aromatic heterocycles. The Morgan fingerprint density at radius 1 is 1.46 bits per heavy atom. The molecule has 0 fully saturated rings. The molecule has 1 amide bonds. The summed E-state index contributed by atoms with van der Waals surface area (Å²) in [5.41, 5.74) is 0.699. The van der Waals surface area contributed by atoms with Crippen molar-refractivity contribution < 1.29 is 9.18 Å². The molecule has 8 heteroatoms. The van der Waals surface area contributed by atoms with Crippen molar-refractivity contribution in [1.82, 2.24) is 20.1 Å². The number of benzene rings is 1. The molecule has 124 valence electrons. The van der Waals surface area contributed by atoms with Crippen LogP contribution in [0.5, 0.6) is 0 Å². The first-order chi connectivity index (χ1) is 11.6. The molecule has 0 radical (unpaired) electrons. The van der Waals surface area contributed by atoms with Gasteiger partial charge in [0.1, 0.15) is 11.9 Å². The zero-order valence-corrected chi connectivity index (χ0v) is 14.5. The summed E-state index contributed by atoms with van der Waals surface area (Å²) in [5, 5.41) is 11.7. The van der Waals surface area contributed by atoms with Crippen LogP contribution in [0, 0.1) is 10.6 Å². The number of hydrogen-bond acceptors (Lipinski definition) is 4. The number of aromatic amines is 1. The van der Waals surface area contributed by atoms with Gasteiger partial charge in [-0.1, -0.05) is 18.2 Å². The van der Waals surface area contributed by atoms with E-state index in [1.807, 2.05) is 17.5 Å². The van der Waals surface area contributed by atoms with E-state index in [0.29, 0.717) is 16.2 Å². The molecular formula is C16H15FN4OS2. The summed E-state index contributed by atoms with van der Waals surface area (Å²) >= 11 is 6.78. The van der Waals surface area contributed by atoms with Crippen LogP contribution in [0.1, 0.15) is 18.5 Å². The molecule has 2 N–H and O–H groups in total. The summed E-state index contributed by atoms with van der Waals surface area (Å²) in [5.74, 6) is 0.0878. The number of halogens is 1. The van der Waals surface area contributed by atoms with Gasteiger partial charge in [-0.05, 0) is 48.3 Å². The van der Waals surface area contributed by atoms with Crippen molar-refractivity contribution in [2.45, 2.75) is 19.5 Å². The fraction of sp³-hybridized carbons (Fsp3) is 0.188. The van der Waals surface area contributed by atoms with Crippen molar-refractivity contribution in [2.24, 2.45) is 0 Å². The third kappa shape index (κ3) is 3.44. The normalized spacial score (nSPS) is 12.1. The monoisotopic (exact) mass is 362 g/mol. The van der Waals surface area contributed by atoms with Crippen LogP contribution in [-0.2, 0) is 11.3 Å². The molecule has 0 spiro atoms. The van der Waals surface area contributed by atoms with Crippen LogP contribution in [0.3, 0.4) is 0 Å². The molecule has 5 nitrogen and oxygen atoms in total.